The lowest BCUT2D eigenvalue weighted by Gasteiger charge is -2.62. The van der Waals surface area contributed by atoms with Crippen LogP contribution in [0.5, 0.6) is 0 Å². The van der Waals surface area contributed by atoms with Gasteiger partial charge in [0.15, 0.2) is 0 Å². The first kappa shape index (κ1) is 24.8. The van der Waals surface area contributed by atoms with Crippen molar-refractivity contribution in [2.75, 3.05) is 0 Å². The van der Waals surface area contributed by atoms with E-state index in [-0.39, 0.29) is 22.3 Å². The van der Waals surface area contributed by atoms with Gasteiger partial charge in [-0.2, -0.15) is 0 Å². The molecule has 33 heavy (non-hydrogen) atoms. The van der Waals surface area contributed by atoms with E-state index in [1.54, 1.807) is 12.5 Å². The monoisotopic (exact) mass is 454 g/mol. The molecule has 184 valence electrons. The van der Waals surface area contributed by atoms with Crippen LogP contribution in [0.3, 0.4) is 0 Å². The topological polar surface area (TPSA) is 57.5 Å². The highest BCUT2D eigenvalue weighted by atomic mass is 16.4. The predicted molar refractivity (Wildman–Crippen MR) is 135 cm³/mol. The number of aliphatic hydroxyl groups excluding tert-OH is 1. The van der Waals surface area contributed by atoms with Crippen molar-refractivity contribution in [1.82, 2.24) is 0 Å². The van der Waals surface area contributed by atoms with E-state index in [2.05, 4.69) is 40.7 Å². The molecular formula is C30H46O3. The van der Waals surface area contributed by atoms with Crippen LogP contribution < -0.4 is 0 Å². The molecule has 0 aliphatic heterocycles. The lowest BCUT2D eigenvalue weighted by molar-refractivity contribution is -0.132. The van der Waals surface area contributed by atoms with Gasteiger partial charge in [-0.15, -0.1) is 0 Å². The Morgan fingerprint density at radius 2 is 1.94 bits per heavy atom. The third kappa shape index (κ3) is 3.77. The van der Waals surface area contributed by atoms with Crippen molar-refractivity contribution in [2.45, 2.75) is 99.0 Å². The number of rotatable bonds is 5. The SMILES string of the molecule is C=C1C[C@@H]2C(=CC[C@H]3C(C)(C)[C@H](O)CC[C@]23C)[C@]2(C)CC[C@H]([C@H](C)CCC=C(C)C(=O)O)[C@H]12. The fourth-order valence-electron chi connectivity index (χ4n) is 8.99. The predicted octanol–water partition coefficient (Wildman–Crippen LogP) is 7.18. The number of hydrogen-bond acceptors (Lipinski definition) is 2. The summed E-state index contributed by atoms with van der Waals surface area (Å²) in [6.07, 6.45) is 12.9. The Morgan fingerprint density at radius 3 is 2.61 bits per heavy atom. The van der Waals surface area contributed by atoms with Crippen LogP contribution in [-0.2, 0) is 4.79 Å². The zero-order valence-corrected chi connectivity index (χ0v) is 21.8. The molecule has 4 rings (SSSR count). The standard InChI is InChI=1S/C30H46O3/c1-18(9-8-10-19(2)27(32)33)21-13-15-30(7)22-11-12-24-28(4,5)25(31)14-16-29(24,6)23(22)17-20(3)26(21)30/h10-11,18,21,23-26,31H,3,8-9,12-17H2,1-2,4-7H3,(H,32,33)/t18-,21-,23-,24+,25-,26+,29-,30+/m1/s1. The van der Waals surface area contributed by atoms with Crippen LogP contribution in [0.2, 0.25) is 0 Å². The van der Waals surface area contributed by atoms with Gasteiger partial charge in [-0.3, -0.25) is 0 Å². The average molecular weight is 455 g/mol. The molecule has 0 amide bonds. The maximum Gasteiger partial charge on any atom is 0.330 e. The van der Waals surface area contributed by atoms with Gasteiger partial charge in [0.25, 0.3) is 0 Å². The number of carboxylic acids is 1. The van der Waals surface area contributed by atoms with Crippen molar-refractivity contribution in [3.05, 3.63) is 35.5 Å². The van der Waals surface area contributed by atoms with Crippen LogP contribution in [0.15, 0.2) is 35.5 Å². The van der Waals surface area contributed by atoms with Crippen molar-refractivity contribution in [3.8, 4) is 0 Å². The summed E-state index contributed by atoms with van der Waals surface area (Å²) in [7, 11) is 0. The molecule has 2 N–H and O–H groups in total. The quantitative estimate of drug-likeness (QED) is 0.342. The molecule has 0 aromatic rings. The second-order valence-electron chi connectivity index (χ2n) is 13.1. The van der Waals surface area contributed by atoms with Crippen LogP contribution in [0, 0.1) is 45.8 Å². The zero-order valence-electron chi connectivity index (χ0n) is 21.8. The van der Waals surface area contributed by atoms with Crippen LogP contribution in [0.1, 0.15) is 92.9 Å². The van der Waals surface area contributed by atoms with Crippen molar-refractivity contribution in [3.63, 3.8) is 0 Å². The first-order valence-electron chi connectivity index (χ1n) is 13.3. The van der Waals surface area contributed by atoms with E-state index in [1.165, 1.54) is 18.4 Å². The molecule has 3 heteroatoms. The summed E-state index contributed by atoms with van der Waals surface area (Å²) in [5.41, 5.74) is 4.04. The Morgan fingerprint density at radius 1 is 1.24 bits per heavy atom. The Labute approximate surface area is 201 Å². The van der Waals surface area contributed by atoms with Gasteiger partial charge < -0.3 is 10.2 Å². The number of fused-ring (bicyclic) bond motifs is 5. The molecule has 0 unspecified atom stereocenters. The summed E-state index contributed by atoms with van der Waals surface area (Å²) >= 11 is 0. The Kier molecular flexibility index (Phi) is 6.30. The molecular weight excluding hydrogens is 408 g/mol. The second kappa shape index (κ2) is 8.40. The molecule has 0 aromatic carbocycles. The van der Waals surface area contributed by atoms with Gasteiger partial charge in [-0.05, 0) is 104 Å². The van der Waals surface area contributed by atoms with E-state index in [0.717, 1.165) is 38.5 Å². The minimum absolute atomic E-state index is 0.0392. The molecule has 3 nitrogen and oxygen atoms in total. The van der Waals surface area contributed by atoms with Crippen molar-refractivity contribution in [1.29, 1.82) is 0 Å². The van der Waals surface area contributed by atoms with Gasteiger partial charge in [0, 0.05) is 5.57 Å². The van der Waals surface area contributed by atoms with Gasteiger partial charge in [0.05, 0.1) is 6.10 Å². The number of allylic oxidation sites excluding steroid dienone is 4. The normalized spacial score (nSPS) is 43.2. The van der Waals surface area contributed by atoms with E-state index in [4.69, 9.17) is 11.7 Å². The number of aliphatic hydroxyl groups is 1. The molecule has 8 atom stereocenters. The summed E-state index contributed by atoms with van der Waals surface area (Å²) in [5.74, 6) is 2.03. The van der Waals surface area contributed by atoms with Gasteiger partial charge in [-0.1, -0.05) is 64.5 Å². The van der Waals surface area contributed by atoms with Gasteiger partial charge in [0.2, 0.25) is 0 Å². The Balaban J connectivity index is 1.58. The van der Waals surface area contributed by atoms with E-state index in [1.807, 2.05) is 6.08 Å². The van der Waals surface area contributed by atoms with Gasteiger partial charge in [-0.25, -0.2) is 4.79 Å². The Bertz CT molecular complexity index is 879. The maximum absolute atomic E-state index is 11.1. The lowest BCUT2D eigenvalue weighted by atomic mass is 9.42. The van der Waals surface area contributed by atoms with E-state index in [0.29, 0.717) is 35.2 Å². The third-order valence-electron chi connectivity index (χ3n) is 11.1. The fraction of sp³-hybridized carbons (Fsp3) is 0.767. The molecule has 0 heterocycles. The third-order valence-corrected chi connectivity index (χ3v) is 11.1. The van der Waals surface area contributed by atoms with Crippen molar-refractivity contribution >= 4 is 5.97 Å². The molecule has 3 fully saturated rings. The number of aliphatic carboxylic acids is 1. The molecule has 0 radical (unpaired) electrons. The average Bonchev–Trinajstić information content (AvgIpc) is 3.11. The largest absolute Gasteiger partial charge is 0.478 e. The zero-order chi connectivity index (χ0) is 24.3. The van der Waals surface area contributed by atoms with Crippen LogP contribution in [0.4, 0.5) is 0 Å². The Hall–Kier alpha value is -1.35. The minimum Gasteiger partial charge on any atom is -0.478 e. The molecule has 0 saturated heterocycles. The second-order valence-corrected chi connectivity index (χ2v) is 13.1. The lowest BCUT2D eigenvalue weighted by Crippen LogP contribution is -2.56. The summed E-state index contributed by atoms with van der Waals surface area (Å²) in [6, 6.07) is 0. The number of carboxylic acid groups (broad SMARTS) is 1. The van der Waals surface area contributed by atoms with Crippen LogP contribution in [-0.4, -0.2) is 22.3 Å². The van der Waals surface area contributed by atoms with E-state index < -0.39 is 5.97 Å². The van der Waals surface area contributed by atoms with Gasteiger partial charge in [0.1, 0.15) is 0 Å². The first-order valence-corrected chi connectivity index (χ1v) is 13.3. The first-order chi connectivity index (χ1) is 15.3. The highest BCUT2D eigenvalue weighted by Crippen LogP contribution is 2.70. The smallest absolute Gasteiger partial charge is 0.330 e. The van der Waals surface area contributed by atoms with Crippen molar-refractivity contribution < 1.29 is 15.0 Å². The molecule has 3 saturated carbocycles. The van der Waals surface area contributed by atoms with Crippen LogP contribution in [0.25, 0.3) is 0 Å². The summed E-state index contributed by atoms with van der Waals surface area (Å²) in [5, 5.41) is 19.9. The molecule has 0 aromatic heterocycles. The van der Waals surface area contributed by atoms with E-state index in [9.17, 15) is 9.90 Å². The molecule has 0 spiro atoms. The summed E-state index contributed by atoms with van der Waals surface area (Å²) in [4.78, 5) is 11.1. The highest BCUT2D eigenvalue weighted by molar-refractivity contribution is 5.85. The molecule has 4 aliphatic rings. The molecule has 4 aliphatic carbocycles. The van der Waals surface area contributed by atoms with Crippen molar-refractivity contribution in [2.24, 2.45) is 45.8 Å². The van der Waals surface area contributed by atoms with Gasteiger partial charge >= 0.3 is 5.97 Å². The number of carbonyl (C=O) groups is 1. The molecule has 0 bridgehead atoms. The summed E-state index contributed by atoms with van der Waals surface area (Å²) < 4.78 is 0. The number of hydrogen-bond donors (Lipinski definition) is 2. The minimum atomic E-state index is -0.808. The summed E-state index contributed by atoms with van der Waals surface area (Å²) in [6.45, 7) is 18.4. The van der Waals surface area contributed by atoms with E-state index >= 15 is 0 Å². The highest BCUT2D eigenvalue weighted by Gasteiger charge is 2.62. The van der Waals surface area contributed by atoms with Crippen LogP contribution >= 0.6 is 0 Å². The fourth-order valence-corrected chi connectivity index (χ4v) is 8.99. The maximum atomic E-state index is 11.1.